The van der Waals surface area contributed by atoms with Crippen molar-refractivity contribution in [2.24, 2.45) is 5.92 Å². The molecule has 1 aliphatic rings. The molecule has 1 fully saturated rings. The molecule has 2 N–H and O–H groups in total. The highest BCUT2D eigenvalue weighted by Crippen LogP contribution is 2.15. The summed E-state index contributed by atoms with van der Waals surface area (Å²) in [6.07, 6.45) is -0.337. The molecular weight excluding hydrogens is 318 g/mol. The van der Waals surface area contributed by atoms with Crippen LogP contribution in [0.25, 0.3) is 0 Å². The Balaban J connectivity index is 1.83. The van der Waals surface area contributed by atoms with Crippen molar-refractivity contribution in [3.63, 3.8) is 0 Å². The largest absolute Gasteiger partial charge is 0.497 e. The summed E-state index contributed by atoms with van der Waals surface area (Å²) < 4.78 is 11.0. The molecule has 1 aromatic rings. The van der Waals surface area contributed by atoms with E-state index in [0.717, 1.165) is 25.4 Å². The van der Waals surface area contributed by atoms with Gasteiger partial charge in [-0.1, -0.05) is 12.1 Å². The van der Waals surface area contributed by atoms with E-state index in [4.69, 9.17) is 20.0 Å². The highest BCUT2D eigenvalue weighted by molar-refractivity contribution is 5.27. The number of hydrogen-bond acceptors (Lipinski definition) is 7. The van der Waals surface area contributed by atoms with Crippen molar-refractivity contribution in [1.29, 1.82) is 10.5 Å². The zero-order chi connectivity index (χ0) is 18.1. The first kappa shape index (κ1) is 19.2. The van der Waals surface area contributed by atoms with Crippen molar-refractivity contribution >= 4 is 0 Å². The summed E-state index contributed by atoms with van der Waals surface area (Å²) in [4.78, 5) is 2.35. The number of ether oxygens (including phenoxy) is 2. The van der Waals surface area contributed by atoms with Crippen molar-refractivity contribution < 1.29 is 9.47 Å². The summed E-state index contributed by atoms with van der Waals surface area (Å²) in [5.74, 6) is 0.124. The molecular formula is C18H25N5O2. The Morgan fingerprint density at radius 3 is 2.64 bits per heavy atom. The Labute approximate surface area is 149 Å². The number of benzene rings is 1. The third-order valence-corrected chi connectivity index (χ3v) is 4.28. The number of morpholine rings is 1. The van der Waals surface area contributed by atoms with E-state index in [1.165, 1.54) is 5.56 Å². The average molecular weight is 343 g/mol. The molecule has 2 rings (SSSR count). The van der Waals surface area contributed by atoms with Crippen LogP contribution in [0.15, 0.2) is 24.3 Å². The lowest BCUT2D eigenvalue weighted by molar-refractivity contribution is -0.0315. The van der Waals surface area contributed by atoms with Crippen LogP contribution < -0.4 is 15.4 Å². The van der Waals surface area contributed by atoms with Crippen LogP contribution in [0.3, 0.4) is 0 Å². The number of nitrogens with zero attached hydrogens (tertiary/aromatic N) is 3. The SMILES string of the molecule is CNC(NCC1CN(Cc2ccc(OC)cc2)CCO1)C(C#N)C#N. The summed E-state index contributed by atoms with van der Waals surface area (Å²) in [7, 11) is 3.40. The van der Waals surface area contributed by atoms with Gasteiger partial charge in [-0.3, -0.25) is 10.2 Å². The quantitative estimate of drug-likeness (QED) is 0.671. The van der Waals surface area contributed by atoms with Gasteiger partial charge in [-0.2, -0.15) is 10.5 Å². The smallest absolute Gasteiger partial charge is 0.161 e. The summed E-state index contributed by atoms with van der Waals surface area (Å²) in [5, 5.41) is 24.2. The molecule has 0 radical (unpaired) electrons. The minimum atomic E-state index is -0.732. The summed E-state index contributed by atoms with van der Waals surface area (Å²) in [6.45, 7) is 3.81. The fourth-order valence-corrected chi connectivity index (χ4v) is 2.86. The lowest BCUT2D eigenvalue weighted by atomic mass is 10.1. The molecule has 1 heterocycles. The molecule has 1 aliphatic heterocycles. The zero-order valence-corrected chi connectivity index (χ0v) is 14.7. The maximum atomic E-state index is 9.01. The summed E-state index contributed by atoms with van der Waals surface area (Å²) >= 11 is 0. The second-order valence-electron chi connectivity index (χ2n) is 5.99. The predicted octanol–water partition coefficient (Wildman–Crippen LogP) is 0.694. The molecule has 7 nitrogen and oxygen atoms in total. The molecule has 0 spiro atoms. The van der Waals surface area contributed by atoms with E-state index in [1.54, 1.807) is 14.2 Å². The Morgan fingerprint density at radius 2 is 2.04 bits per heavy atom. The third-order valence-electron chi connectivity index (χ3n) is 4.28. The lowest BCUT2D eigenvalue weighted by Gasteiger charge is -2.34. The van der Waals surface area contributed by atoms with Gasteiger partial charge in [0.1, 0.15) is 5.75 Å². The number of nitriles is 2. The molecule has 7 heteroatoms. The highest BCUT2D eigenvalue weighted by atomic mass is 16.5. The molecule has 1 aromatic carbocycles. The van der Waals surface area contributed by atoms with Gasteiger partial charge < -0.3 is 14.8 Å². The Kier molecular flexibility index (Phi) is 7.65. The predicted molar refractivity (Wildman–Crippen MR) is 93.6 cm³/mol. The molecule has 0 saturated carbocycles. The van der Waals surface area contributed by atoms with Gasteiger partial charge in [0.2, 0.25) is 0 Å². The normalized spacial score (nSPS) is 19.2. The van der Waals surface area contributed by atoms with E-state index >= 15 is 0 Å². The molecule has 134 valence electrons. The van der Waals surface area contributed by atoms with Gasteiger partial charge in [0, 0.05) is 26.2 Å². The minimum Gasteiger partial charge on any atom is -0.497 e. The van der Waals surface area contributed by atoms with Crippen LogP contribution in [-0.2, 0) is 11.3 Å². The first-order valence-electron chi connectivity index (χ1n) is 8.37. The third kappa shape index (κ3) is 5.70. The fourth-order valence-electron chi connectivity index (χ4n) is 2.86. The van der Waals surface area contributed by atoms with Crippen LogP contribution in [0.1, 0.15) is 5.56 Å². The van der Waals surface area contributed by atoms with Crippen LogP contribution in [0.5, 0.6) is 5.75 Å². The van der Waals surface area contributed by atoms with Crippen LogP contribution in [0, 0.1) is 28.6 Å². The van der Waals surface area contributed by atoms with E-state index in [9.17, 15) is 0 Å². The van der Waals surface area contributed by atoms with E-state index in [0.29, 0.717) is 13.2 Å². The standard InChI is InChI=1S/C18H25N5O2/c1-21-18(15(9-19)10-20)22-11-17-13-23(7-8-25-17)12-14-3-5-16(24-2)6-4-14/h3-6,15,17-18,21-22H,7-8,11-13H2,1-2H3. The van der Waals surface area contributed by atoms with Crippen LogP contribution in [0.4, 0.5) is 0 Å². The maximum absolute atomic E-state index is 9.01. The van der Waals surface area contributed by atoms with Crippen molar-refractivity contribution in [2.45, 2.75) is 18.8 Å². The second kappa shape index (κ2) is 9.97. The van der Waals surface area contributed by atoms with Crippen LogP contribution >= 0.6 is 0 Å². The number of hydrogen-bond donors (Lipinski definition) is 2. The molecule has 25 heavy (non-hydrogen) atoms. The average Bonchev–Trinajstić information content (AvgIpc) is 2.66. The van der Waals surface area contributed by atoms with Gasteiger partial charge in [-0.05, 0) is 24.7 Å². The Morgan fingerprint density at radius 1 is 1.32 bits per heavy atom. The van der Waals surface area contributed by atoms with Gasteiger partial charge in [0.25, 0.3) is 0 Å². The van der Waals surface area contributed by atoms with Crippen molar-refractivity contribution in [3.8, 4) is 17.9 Å². The molecule has 2 unspecified atom stereocenters. The van der Waals surface area contributed by atoms with Crippen molar-refractivity contribution in [1.82, 2.24) is 15.5 Å². The highest BCUT2D eigenvalue weighted by Gasteiger charge is 2.24. The first-order valence-corrected chi connectivity index (χ1v) is 8.37. The monoisotopic (exact) mass is 343 g/mol. The van der Waals surface area contributed by atoms with Gasteiger partial charge >= 0.3 is 0 Å². The lowest BCUT2D eigenvalue weighted by Crippen LogP contribution is -2.52. The van der Waals surface area contributed by atoms with Crippen LogP contribution in [0.2, 0.25) is 0 Å². The van der Waals surface area contributed by atoms with Gasteiger partial charge in [0.15, 0.2) is 5.92 Å². The van der Waals surface area contributed by atoms with Gasteiger partial charge in [0.05, 0.1) is 38.1 Å². The topological polar surface area (TPSA) is 93.3 Å². The number of nitrogens with one attached hydrogen (secondary N) is 2. The van der Waals surface area contributed by atoms with E-state index in [2.05, 4.69) is 27.7 Å². The molecule has 0 bridgehead atoms. The second-order valence-corrected chi connectivity index (χ2v) is 5.99. The van der Waals surface area contributed by atoms with Crippen molar-refractivity contribution in [2.75, 3.05) is 40.4 Å². The molecule has 2 atom stereocenters. The zero-order valence-electron chi connectivity index (χ0n) is 14.7. The summed E-state index contributed by atoms with van der Waals surface area (Å²) in [6, 6.07) is 12.1. The van der Waals surface area contributed by atoms with Gasteiger partial charge in [-0.25, -0.2) is 0 Å². The fraction of sp³-hybridized carbons (Fsp3) is 0.556. The van der Waals surface area contributed by atoms with E-state index in [-0.39, 0.29) is 12.3 Å². The van der Waals surface area contributed by atoms with Crippen LogP contribution in [-0.4, -0.2) is 57.6 Å². The van der Waals surface area contributed by atoms with Crippen molar-refractivity contribution in [3.05, 3.63) is 29.8 Å². The minimum absolute atomic E-state index is 0.0286. The van der Waals surface area contributed by atoms with E-state index < -0.39 is 5.92 Å². The summed E-state index contributed by atoms with van der Waals surface area (Å²) in [5.41, 5.74) is 1.23. The molecule has 0 aliphatic carbocycles. The Hall–Kier alpha value is -2.16. The molecule has 0 amide bonds. The maximum Gasteiger partial charge on any atom is 0.161 e. The number of methoxy groups -OCH3 is 1. The number of rotatable bonds is 8. The van der Waals surface area contributed by atoms with E-state index in [1.807, 2.05) is 24.3 Å². The molecule has 0 aromatic heterocycles. The Bertz CT molecular complexity index is 593. The molecule has 1 saturated heterocycles. The van der Waals surface area contributed by atoms with Gasteiger partial charge in [-0.15, -0.1) is 0 Å². The first-order chi connectivity index (χ1) is 12.2.